The molecular formula is C12H14O2. The molecule has 74 valence electrons. The van der Waals surface area contributed by atoms with E-state index in [4.69, 9.17) is 4.74 Å². The van der Waals surface area contributed by atoms with E-state index in [1.165, 1.54) is 0 Å². The van der Waals surface area contributed by atoms with Gasteiger partial charge in [0.2, 0.25) is 0 Å². The second-order valence-corrected chi connectivity index (χ2v) is 4.18. The third kappa shape index (κ3) is 1.26. The topological polar surface area (TPSA) is 26.3 Å². The largest absolute Gasteiger partial charge is 0.360 e. The molecule has 1 heterocycles. The summed E-state index contributed by atoms with van der Waals surface area (Å²) in [6.45, 7) is 5.80. The number of Topliss-reactive ketones (excluding diaryl/α,β-unsaturated/α-hetero) is 1. The molecule has 0 radical (unpaired) electrons. The molecule has 0 N–H and O–H groups in total. The van der Waals surface area contributed by atoms with Crippen LogP contribution in [0.15, 0.2) is 24.3 Å². The summed E-state index contributed by atoms with van der Waals surface area (Å²) in [4.78, 5) is 11.8. The van der Waals surface area contributed by atoms with Gasteiger partial charge in [0.25, 0.3) is 0 Å². The highest BCUT2D eigenvalue weighted by molar-refractivity contribution is 6.01. The van der Waals surface area contributed by atoms with E-state index in [1.807, 2.05) is 38.1 Å². The van der Waals surface area contributed by atoms with Gasteiger partial charge in [-0.2, -0.15) is 0 Å². The van der Waals surface area contributed by atoms with E-state index in [0.717, 1.165) is 11.1 Å². The average molecular weight is 190 g/mol. The van der Waals surface area contributed by atoms with Gasteiger partial charge in [-0.3, -0.25) is 4.79 Å². The molecule has 14 heavy (non-hydrogen) atoms. The van der Waals surface area contributed by atoms with Gasteiger partial charge in [0.15, 0.2) is 5.78 Å². The smallest absolute Gasteiger partial charge is 0.191 e. The lowest BCUT2D eigenvalue weighted by molar-refractivity contribution is -0.0621. The van der Waals surface area contributed by atoms with Crippen molar-refractivity contribution in [1.29, 1.82) is 0 Å². The van der Waals surface area contributed by atoms with E-state index in [2.05, 4.69) is 0 Å². The fourth-order valence-corrected chi connectivity index (χ4v) is 2.00. The number of carbonyl (C=O) groups excluding carboxylic acids is 1. The molecule has 1 aromatic carbocycles. The first kappa shape index (κ1) is 9.41. The molecule has 1 aromatic rings. The van der Waals surface area contributed by atoms with E-state index in [1.54, 1.807) is 6.92 Å². The minimum absolute atomic E-state index is 0.0833. The monoisotopic (exact) mass is 190 g/mol. The number of rotatable bonds is 0. The Bertz CT molecular complexity index is 380. The van der Waals surface area contributed by atoms with Gasteiger partial charge in [-0.15, -0.1) is 0 Å². The first-order chi connectivity index (χ1) is 6.52. The van der Waals surface area contributed by atoms with Crippen molar-refractivity contribution in [2.45, 2.75) is 32.5 Å². The Morgan fingerprint density at radius 1 is 1.29 bits per heavy atom. The van der Waals surface area contributed by atoms with Crippen molar-refractivity contribution < 1.29 is 9.53 Å². The van der Waals surface area contributed by atoms with E-state index < -0.39 is 0 Å². The van der Waals surface area contributed by atoms with Crippen molar-refractivity contribution in [3.63, 3.8) is 0 Å². The number of hydrogen-bond acceptors (Lipinski definition) is 2. The molecule has 2 nitrogen and oxygen atoms in total. The zero-order valence-electron chi connectivity index (χ0n) is 8.70. The summed E-state index contributed by atoms with van der Waals surface area (Å²) in [6.07, 6.45) is -0.333. The van der Waals surface area contributed by atoms with Gasteiger partial charge in [0.05, 0.1) is 5.60 Å². The van der Waals surface area contributed by atoms with Gasteiger partial charge in [-0.05, 0) is 26.3 Å². The Balaban J connectivity index is 2.62. The second kappa shape index (κ2) is 2.92. The van der Waals surface area contributed by atoms with Gasteiger partial charge in [-0.1, -0.05) is 24.3 Å². The highest BCUT2D eigenvalue weighted by atomic mass is 16.5. The van der Waals surface area contributed by atoms with E-state index in [9.17, 15) is 4.79 Å². The minimum Gasteiger partial charge on any atom is -0.360 e. The summed E-state index contributed by atoms with van der Waals surface area (Å²) in [7, 11) is 0. The van der Waals surface area contributed by atoms with Crippen LogP contribution in [0.5, 0.6) is 0 Å². The van der Waals surface area contributed by atoms with E-state index in [-0.39, 0.29) is 17.5 Å². The minimum atomic E-state index is -0.357. The normalized spacial score (nSPS) is 24.5. The Kier molecular flexibility index (Phi) is 1.96. The van der Waals surface area contributed by atoms with Crippen LogP contribution in [0.4, 0.5) is 0 Å². The fourth-order valence-electron chi connectivity index (χ4n) is 2.00. The number of fused-ring (bicyclic) bond motifs is 1. The molecule has 1 atom stereocenters. The fraction of sp³-hybridized carbons (Fsp3) is 0.417. The van der Waals surface area contributed by atoms with Crippen LogP contribution in [-0.2, 0) is 10.3 Å². The van der Waals surface area contributed by atoms with Crippen LogP contribution in [0.25, 0.3) is 0 Å². The Morgan fingerprint density at radius 2 is 1.93 bits per heavy atom. The molecule has 2 heteroatoms. The van der Waals surface area contributed by atoms with Gasteiger partial charge in [0.1, 0.15) is 6.10 Å². The summed E-state index contributed by atoms with van der Waals surface area (Å²) in [5.74, 6) is 0.0833. The van der Waals surface area contributed by atoms with Crippen LogP contribution >= 0.6 is 0 Å². The molecule has 2 rings (SSSR count). The molecule has 0 saturated heterocycles. The van der Waals surface area contributed by atoms with Crippen molar-refractivity contribution in [2.75, 3.05) is 0 Å². The lowest BCUT2D eigenvalue weighted by Gasteiger charge is -2.35. The molecule has 0 amide bonds. The molecule has 0 fully saturated rings. The zero-order chi connectivity index (χ0) is 10.3. The highest BCUT2D eigenvalue weighted by Gasteiger charge is 2.36. The molecule has 1 aliphatic heterocycles. The van der Waals surface area contributed by atoms with Crippen molar-refractivity contribution in [2.24, 2.45) is 0 Å². The maximum Gasteiger partial charge on any atom is 0.191 e. The summed E-state index contributed by atoms with van der Waals surface area (Å²) in [5.41, 5.74) is 1.43. The summed E-state index contributed by atoms with van der Waals surface area (Å²) in [5, 5.41) is 0. The quantitative estimate of drug-likeness (QED) is 0.628. The van der Waals surface area contributed by atoms with Crippen LogP contribution in [0.1, 0.15) is 36.7 Å². The molecule has 0 aliphatic carbocycles. The van der Waals surface area contributed by atoms with Crippen LogP contribution in [0.3, 0.4) is 0 Å². The summed E-state index contributed by atoms with van der Waals surface area (Å²) < 4.78 is 5.66. The molecule has 0 bridgehead atoms. The van der Waals surface area contributed by atoms with Crippen molar-refractivity contribution >= 4 is 5.78 Å². The third-order valence-electron chi connectivity index (χ3n) is 2.68. The van der Waals surface area contributed by atoms with Gasteiger partial charge >= 0.3 is 0 Å². The Labute approximate surface area is 83.9 Å². The number of benzene rings is 1. The van der Waals surface area contributed by atoms with Crippen LogP contribution in [0, 0.1) is 0 Å². The maximum atomic E-state index is 11.8. The van der Waals surface area contributed by atoms with E-state index >= 15 is 0 Å². The summed E-state index contributed by atoms with van der Waals surface area (Å²) in [6, 6.07) is 7.66. The molecule has 0 saturated carbocycles. The zero-order valence-corrected chi connectivity index (χ0v) is 8.70. The molecule has 0 spiro atoms. The van der Waals surface area contributed by atoms with Crippen molar-refractivity contribution in [3.8, 4) is 0 Å². The number of carbonyl (C=O) groups is 1. The SMILES string of the molecule is CC1OC(C)(C)c2ccccc2C1=O. The molecule has 1 unspecified atom stereocenters. The first-order valence-corrected chi connectivity index (χ1v) is 4.84. The average Bonchev–Trinajstić information content (AvgIpc) is 2.14. The van der Waals surface area contributed by atoms with Crippen LogP contribution < -0.4 is 0 Å². The lowest BCUT2D eigenvalue weighted by atomic mass is 9.86. The lowest BCUT2D eigenvalue weighted by Crippen LogP contribution is -2.38. The van der Waals surface area contributed by atoms with Gasteiger partial charge in [-0.25, -0.2) is 0 Å². The number of ketones is 1. The van der Waals surface area contributed by atoms with Gasteiger partial charge in [0, 0.05) is 5.56 Å². The molecule has 0 aromatic heterocycles. The maximum absolute atomic E-state index is 11.8. The van der Waals surface area contributed by atoms with Crippen LogP contribution in [-0.4, -0.2) is 11.9 Å². The highest BCUT2D eigenvalue weighted by Crippen LogP contribution is 2.34. The summed E-state index contributed by atoms with van der Waals surface area (Å²) >= 11 is 0. The predicted octanol–water partition coefficient (Wildman–Crippen LogP) is 2.52. The standard InChI is InChI=1S/C12H14O2/c1-8-11(13)9-6-4-5-7-10(9)12(2,3)14-8/h4-8H,1-3H3. The number of hydrogen-bond donors (Lipinski definition) is 0. The predicted molar refractivity (Wildman–Crippen MR) is 54.3 cm³/mol. The Morgan fingerprint density at radius 3 is 2.64 bits per heavy atom. The number of ether oxygens (including phenoxy) is 1. The first-order valence-electron chi connectivity index (χ1n) is 4.84. The van der Waals surface area contributed by atoms with Gasteiger partial charge < -0.3 is 4.74 Å². The third-order valence-corrected chi connectivity index (χ3v) is 2.68. The molecular weight excluding hydrogens is 176 g/mol. The second-order valence-electron chi connectivity index (χ2n) is 4.18. The van der Waals surface area contributed by atoms with E-state index in [0.29, 0.717) is 0 Å². The van der Waals surface area contributed by atoms with Crippen molar-refractivity contribution in [3.05, 3.63) is 35.4 Å². The van der Waals surface area contributed by atoms with Crippen molar-refractivity contribution in [1.82, 2.24) is 0 Å². The van der Waals surface area contributed by atoms with Crippen LogP contribution in [0.2, 0.25) is 0 Å². The molecule has 1 aliphatic rings. The Hall–Kier alpha value is -1.15.